The molecule has 0 radical (unpaired) electrons. The Balaban J connectivity index is 1.83. The lowest BCUT2D eigenvalue weighted by molar-refractivity contribution is -0.169. The summed E-state index contributed by atoms with van der Waals surface area (Å²) in [6, 6.07) is 17.2. The number of carbonyl (C=O) groups excluding carboxylic acids is 2. The average Bonchev–Trinajstić information content (AvgIpc) is 3.05. The summed E-state index contributed by atoms with van der Waals surface area (Å²) in [5, 5.41) is 0. The summed E-state index contributed by atoms with van der Waals surface area (Å²) >= 11 is 0. The molecule has 1 aliphatic rings. The fourth-order valence-corrected chi connectivity index (χ4v) is 5.17. The third-order valence-electron chi connectivity index (χ3n) is 6.14. The molecule has 34 heavy (non-hydrogen) atoms. The van der Waals surface area contributed by atoms with Gasteiger partial charge in [-0.05, 0) is 58.7 Å². The molecule has 0 spiro atoms. The van der Waals surface area contributed by atoms with Gasteiger partial charge in [0.15, 0.2) is 0 Å². The molecule has 184 valence electrons. The Labute approximate surface area is 202 Å². The van der Waals surface area contributed by atoms with Gasteiger partial charge in [-0.25, -0.2) is 0 Å². The number of rotatable bonds is 8. The van der Waals surface area contributed by atoms with E-state index >= 15 is 0 Å². The van der Waals surface area contributed by atoms with Crippen molar-refractivity contribution in [2.24, 2.45) is 11.3 Å². The van der Waals surface area contributed by atoms with E-state index in [4.69, 9.17) is 8.92 Å². The number of hydrogen-bond donors (Lipinski definition) is 0. The van der Waals surface area contributed by atoms with Crippen LogP contribution in [-0.2, 0) is 28.6 Å². The first-order valence-corrected chi connectivity index (χ1v) is 12.8. The molecule has 8 heteroatoms. The molecule has 0 N–H and O–H groups in total. The molecule has 1 heterocycles. The van der Waals surface area contributed by atoms with Crippen molar-refractivity contribution in [3.63, 3.8) is 0 Å². The standard InChI is InChI=1S/C26H33NO6S/c1-19(20-12-8-6-9-13-20)27-18-26(5,24(29)33-25(2,3)4)22(23(27)28)16-17-32-34(30,31)21-14-10-7-11-15-21/h6-15,19,22H,16-18H2,1-5H3/t19-,22?,26-/m1/s1. The van der Waals surface area contributed by atoms with Gasteiger partial charge in [0.1, 0.15) is 5.60 Å². The van der Waals surface area contributed by atoms with Gasteiger partial charge in [-0.1, -0.05) is 48.5 Å². The fourth-order valence-electron chi connectivity index (χ4n) is 4.23. The molecule has 1 unspecified atom stereocenters. The van der Waals surface area contributed by atoms with E-state index in [2.05, 4.69) is 0 Å². The lowest BCUT2D eigenvalue weighted by atomic mass is 9.78. The first-order chi connectivity index (χ1) is 15.8. The molecule has 2 aromatic rings. The summed E-state index contributed by atoms with van der Waals surface area (Å²) in [4.78, 5) is 28.5. The first kappa shape index (κ1) is 25.9. The van der Waals surface area contributed by atoms with E-state index in [1.807, 2.05) is 37.3 Å². The van der Waals surface area contributed by atoms with Crippen LogP contribution < -0.4 is 0 Å². The molecule has 1 fully saturated rings. The van der Waals surface area contributed by atoms with Crippen molar-refractivity contribution in [1.29, 1.82) is 0 Å². The quantitative estimate of drug-likeness (QED) is 0.406. The Hall–Kier alpha value is -2.71. The minimum Gasteiger partial charge on any atom is -0.459 e. The van der Waals surface area contributed by atoms with E-state index in [9.17, 15) is 18.0 Å². The number of amides is 1. The van der Waals surface area contributed by atoms with Crippen LogP contribution in [0.5, 0.6) is 0 Å². The predicted octanol–water partition coefficient (Wildman–Crippen LogP) is 4.35. The molecule has 1 aliphatic heterocycles. The highest BCUT2D eigenvalue weighted by atomic mass is 32.2. The maximum Gasteiger partial charge on any atom is 0.314 e. The number of benzene rings is 2. The highest BCUT2D eigenvalue weighted by Crippen LogP contribution is 2.44. The van der Waals surface area contributed by atoms with Crippen LogP contribution in [0.3, 0.4) is 0 Å². The zero-order chi connectivity index (χ0) is 25.1. The van der Waals surface area contributed by atoms with Gasteiger partial charge in [0.05, 0.1) is 28.9 Å². The summed E-state index contributed by atoms with van der Waals surface area (Å²) in [5.41, 5.74) is -0.919. The molecule has 0 bridgehead atoms. The summed E-state index contributed by atoms with van der Waals surface area (Å²) in [6.45, 7) is 8.92. The van der Waals surface area contributed by atoms with Crippen LogP contribution in [0.4, 0.5) is 0 Å². The van der Waals surface area contributed by atoms with Crippen molar-refractivity contribution in [3.05, 3.63) is 66.2 Å². The van der Waals surface area contributed by atoms with E-state index < -0.39 is 33.0 Å². The van der Waals surface area contributed by atoms with Gasteiger partial charge in [0.25, 0.3) is 10.1 Å². The Morgan fingerprint density at radius 2 is 1.65 bits per heavy atom. The van der Waals surface area contributed by atoms with Crippen molar-refractivity contribution < 1.29 is 26.9 Å². The monoisotopic (exact) mass is 487 g/mol. The third kappa shape index (κ3) is 5.67. The van der Waals surface area contributed by atoms with Gasteiger partial charge in [-0.15, -0.1) is 0 Å². The van der Waals surface area contributed by atoms with E-state index in [-0.39, 0.29) is 36.4 Å². The van der Waals surface area contributed by atoms with Crippen LogP contribution in [0.1, 0.15) is 52.6 Å². The molecule has 3 atom stereocenters. The van der Waals surface area contributed by atoms with E-state index in [0.29, 0.717) is 0 Å². The largest absolute Gasteiger partial charge is 0.459 e. The highest BCUT2D eigenvalue weighted by Gasteiger charge is 2.56. The molecule has 0 aromatic heterocycles. The van der Waals surface area contributed by atoms with E-state index in [1.54, 1.807) is 50.8 Å². The number of hydrogen-bond acceptors (Lipinski definition) is 6. The zero-order valence-electron chi connectivity index (χ0n) is 20.4. The van der Waals surface area contributed by atoms with Crippen molar-refractivity contribution in [1.82, 2.24) is 4.90 Å². The lowest BCUT2D eigenvalue weighted by Crippen LogP contribution is -2.42. The molecule has 0 aliphatic carbocycles. The molecular formula is C26H33NO6S. The molecular weight excluding hydrogens is 454 g/mol. The second-order valence-corrected chi connectivity index (χ2v) is 11.5. The van der Waals surface area contributed by atoms with Crippen LogP contribution in [0.15, 0.2) is 65.6 Å². The third-order valence-corrected chi connectivity index (χ3v) is 7.47. The highest BCUT2D eigenvalue weighted by molar-refractivity contribution is 7.86. The number of esters is 1. The Kier molecular flexibility index (Phi) is 7.53. The Morgan fingerprint density at radius 1 is 1.09 bits per heavy atom. The van der Waals surface area contributed by atoms with Gasteiger partial charge in [0.2, 0.25) is 5.91 Å². The van der Waals surface area contributed by atoms with Crippen molar-refractivity contribution in [3.8, 4) is 0 Å². The SMILES string of the molecule is C[C@H](c1ccccc1)N1C[C@@](C)(C(=O)OC(C)(C)C)C(CCOS(=O)(=O)c2ccccc2)C1=O. The van der Waals surface area contributed by atoms with E-state index in [1.165, 1.54) is 12.1 Å². The summed E-state index contributed by atoms with van der Waals surface area (Å²) in [6.07, 6.45) is 0.0681. The number of nitrogens with zero attached hydrogens (tertiary/aromatic N) is 1. The smallest absolute Gasteiger partial charge is 0.314 e. The minimum absolute atomic E-state index is 0.0435. The van der Waals surface area contributed by atoms with Gasteiger partial charge in [-0.3, -0.25) is 13.8 Å². The maximum atomic E-state index is 13.5. The Morgan fingerprint density at radius 3 is 2.21 bits per heavy atom. The minimum atomic E-state index is -3.97. The first-order valence-electron chi connectivity index (χ1n) is 11.4. The maximum absolute atomic E-state index is 13.5. The topological polar surface area (TPSA) is 90.0 Å². The van der Waals surface area contributed by atoms with Crippen LogP contribution in [-0.4, -0.2) is 43.9 Å². The zero-order valence-corrected chi connectivity index (χ0v) is 21.2. The number of carbonyl (C=O) groups is 2. The van der Waals surface area contributed by atoms with Gasteiger partial charge < -0.3 is 9.64 Å². The van der Waals surface area contributed by atoms with E-state index in [0.717, 1.165) is 5.56 Å². The van der Waals surface area contributed by atoms with Crippen molar-refractivity contribution in [2.75, 3.05) is 13.2 Å². The number of ether oxygens (including phenoxy) is 1. The Bertz CT molecular complexity index is 1110. The predicted molar refractivity (Wildman–Crippen MR) is 128 cm³/mol. The molecule has 1 amide bonds. The van der Waals surface area contributed by atoms with Gasteiger partial charge in [-0.2, -0.15) is 8.42 Å². The molecule has 0 saturated carbocycles. The molecule has 3 rings (SSSR count). The molecule has 1 saturated heterocycles. The second kappa shape index (κ2) is 9.88. The van der Waals surface area contributed by atoms with Crippen LogP contribution in [0, 0.1) is 11.3 Å². The average molecular weight is 488 g/mol. The number of likely N-dealkylation sites (tertiary alicyclic amines) is 1. The lowest BCUT2D eigenvalue weighted by Gasteiger charge is -2.31. The second-order valence-electron chi connectivity index (χ2n) is 9.90. The summed E-state index contributed by atoms with van der Waals surface area (Å²) in [5.74, 6) is -1.48. The molecule has 2 aromatic carbocycles. The van der Waals surface area contributed by atoms with Crippen LogP contribution in [0.2, 0.25) is 0 Å². The summed E-state index contributed by atoms with van der Waals surface area (Å²) < 4.78 is 35.9. The fraction of sp³-hybridized carbons (Fsp3) is 0.462. The van der Waals surface area contributed by atoms with Crippen LogP contribution >= 0.6 is 0 Å². The van der Waals surface area contributed by atoms with Crippen molar-refractivity contribution in [2.45, 2.75) is 57.6 Å². The van der Waals surface area contributed by atoms with Crippen molar-refractivity contribution >= 4 is 22.0 Å². The normalized spacial score (nSPS) is 22.0. The summed E-state index contributed by atoms with van der Waals surface area (Å²) in [7, 11) is -3.97. The molecule has 7 nitrogen and oxygen atoms in total. The van der Waals surface area contributed by atoms with Gasteiger partial charge in [0, 0.05) is 6.54 Å². The van der Waals surface area contributed by atoms with Gasteiger partial charge >= 0.3 is 5.97 Å². The van der Waals surface area contributed by atoms with Crippen LogP contribution in [0.25, 0.3) is 0 Å².